The van der Waals surface area contributed by atoms with E-state index in [0.29, 0.717) is 18.7 Å². The van der Waals surface area contributed by atoms with Gasteiger partial charge in [-0.3, -0.25) is 4.79 Å². The summed E-state index contributed by atoms with van der Waals surface area (Å²) in [6.07, 6.45) is 5.96. The number of carbonyl (C=O) groups is 1. The Morgan fingerprint density at radius 2 is 1.71 bits per heavy atom. The number of hydrogen-bond acceptors (Lipinski definition) is 2. The second-order valence-electron chi connectivity index (χ2n) is 6.28. The molecule has 0 heterocycles. The van der Waals surface area contributed by atoms with Crippen LogP contribution in [0.25, 0.3) is 10.8 Å². The van der Waals surface area contributed by atoms with Crippen LogP contribution >= 0.6 is 0 Å². The molecule has 2 heteroatoms. The lowest BCUT2D eigenvalue weighted by molar-refractivity contribution is -0.129. The van der Waals surface area contributed by atoms with E-state index >= 15 is 0 Å². The van der Waals surface area contributed by atoms with Crippen LogP contribution in [-0.4, -0.2) is 12.3 Å². The van der Waals surface area contributed by atoms with Crippen molar-refractivity contribution >= 4 is 16.6 Å². The first kappa shape index (κ1) is 14.3. The largest absolute Gasteiger partial charge is 0.329 e. The topological polar surface area (TPSA) is 43.1 Å². The minimum absolute atomic E-state index is 0.269. The number of nitrogens with two attached hydrogens (primary N) is 1. The van der Waals surface area contributed by atoms with Crippen molar-refractivity contribution in [1.29, 1.82) is 0 Å². The molecule has 1 saturated carbocycles. The molecule has 1 aliphatic carbocycles. The van der Waals surface area contributed by atoms with Crippen molar-refractivity contribution in [3.63, 3.8) is 0 Å². The number of Topliss-reactive ketones (excluding diaryl/α,β-unsaturated/α-hetero) is 1. The highest BCUT2D eigenvalue weighted by molar-refractivity contribution is 5.93. The van der Waals surface area contributed by atoms with Gasteiger partial charge in [0, 0.05) is 18.4 Å². The van der Waals surface area contributed by atoms with Crippen LogP contribution in [0.5, 0.6) is 0 Å². The summed E-state index contributed by atoms with van der Waals surface area (Å²) in [6, 6.07) is 14.5. The lowest BCUT2D eigenvalue weighted by Crippen LogP contribution is -2.41. The van der Waals surface area contributed by atoms with Gasteiger partial charge in [-0.1, -0.05) is 61.7 Å². The first-order valence-electron chi connectivity index (χ1n) is 7.95. The van der Waals surface area contributed by atoms with Crippen molar-refractivity contribution in [3.8, 4) is 0 Å². The first-order valence-corrected chi connectivity index (χ1v) is 7.95. The van der Waals surface area contributed by atoms with Gasteiger partial charge in [0.05, 0.1) is 0 Å². The minimum Gasteiger partial charge on any atom is -0.329 e. The van der Waals surface area contributed by atoms with Crippen molar-refractivity contribution in [1.82, 2.24) is 0 Å². The summed E-state index contributed by atoms with van der Waals surface area (Å²) >= 11 is 0. The SMILES string of the molecule is NCC1(C(=O)Cc2cccc3ccccc23)CCCCC1. The summed E-state index contributed by atoms with van der Waals surface area (Å²) in [5, 5.41) is 2.39. The highest BCUT2D eigenvalue weighted by atomic mass is 16.1. The van der Waals surface area contributed by atoms with Gasteiger partial charge in [0.2, 0.25) is 0 Å². The van der Waals surface area contributed by atoms with Gasteiger partial charge in [0.1, 0.15) is 5.78 Å². The first-order chi connectivity index (χ1) is 10.2. The predicted molar refractivity (Wildman–Crippen MR) is 87.2 cm³/mol. The molecule has 21 heavy (non-hydrogen) atoms. The molecule has 0 atom stereocenters. The van der Waals surface area contributed by atoms with Crippen molar-refractivity contribution in [2.24, 2.45) is 11.1 Å². The van der Waals surface area contributed by atoms with E-state index in [9.17, 15) is 4.79 Å². The zero-order valence-electron chi connectivity index (χ0n) is 12.5. The van der Waals surface area contributed by atoms with Gasteiger partial charge >= 0.3 is 0 Å². The van der Waals surface area contributed by atoms with Crippen molar-refractivity contribution in [2.75, 3.05) is 6.54 Å². The Morgan fingerprint density at radius 1 is 1.00 bits per heavy atom. The molecule has 2 aromatic carbocycles. The molecule has 2 nitrogen and oxygen atoms in total. The van der Waals surface area contributed by atoms with Gasteiger partial charge in [-0.25, -0.2) is 0 Å². The molecule has 110 valence electrons. The molecule has 0 aromatic heterocycles. The Labute approximate surface area is 126 Å². The van der Waals surface area contributed by atoms with Crippen LogP contribution in [0.15, 0.2) is 42.5 Å². The third kappa shape index (κ3) is 2.73. The summed E-state index contributed by atoms with van der Waals surface area (Å²) in [6.45, 7) is 0.497. The molecule has 1 fully saturated rings. The van der Waals surface area contributed by atoms with Crippen LogP contribution < -0.4 is 5.73 Å². The number of ketones is 1. The molecule has 0 aliphatic heterocycles. The second-order valence-corrected chi connectivity index (χ2v) is 6.28. The average Bonchev–Trinajstić information content (AvgIpc) is 2.56. The fraction of sp³-hybridized carbons (Fsp3) is 0.421. The molecule has 3 rings (SSSR count). The second kappa shape index (κ2) is 5.98. The fourth-order valence-corrected chi connectivity index (χ4v) is 3.63. The van der Waals surface area contributed by atoms with E-state index in [1.165, 1.54) is 17.2 Å². The maximum atomic E-state index is 12.9. The van der Waals surface area contributed by atoms with Crippen molar-refractivity contribution in [3.05, 3.63) is 48.0 Å². The monoisotopic (exact) mass is 281 g/mol. The van der Waals surface area contributed by atoms with Crippen LogP contribution in [-0.2, 0) is 11.2 Å². The number of fused-ring (bicyclic) bond motifs is 1. The Balaban J connectivity index is 1.89. The number of benzene rings is 2. The van der Waals surface area contributed by atoms with Gasteiger partial charge in [-0.15, -0.1) is 0 Å². The summed E-state index contributed by atoms with van der Waals surface area (Å²) in [4.78, 5) is 12.9. The Morgan fingerprint density at radius 3 is 2.48 bits per heavy atom. The van der Waals surface area contributed by atoms with Gasteiger partial charge in [-0.2, -0.15) is 0 Å². The molecule has 2 N–H and O–H groups in total. The molecule has 2 aromatic rings. The maximum Gasteiger partial charge on any atom is 0.144 e. The molecule has 0 radical (unpaired) electrons. The van der Waals surface area contributed by atoms with Gasteiger partial charge < -0.3 is 5.73 Å². The quantitative estimate of drug-likeness (QED) is 0.924. The van der Waals surface area contributed by atoms with Crippen LogP contribution in [0.2, 0.25) is 0 Å². The third-order valence-electron chi connectivity index (χ3n) is 5.02. The number of rotatable bonds is 4. The summed E-state index contributed by atoms with van der Waals surface area (Å²) < 4.78 is 0. The zero-order chi connectivity index (χ0) is 14.7. The average molecular weight is 281 g/mol. The van der Waals surface area contributed by atoms with E-state index in [2.05, 4.69) is 24.3 Å². The van der Waals surface area contributed by atoms with E-state index in [4.69, 9.17) is 5.73 Å². The lowest BCUT2D eigenvalue weighted by Gasteiger charge is -2.34. The van der Waals surface area contributed by atoms with Crippen LogP contribution in [0, 0.1) is 5.41 Å². The lowest BCUT2D eigenvalue weighted by atomic mass is 9.69. The highest BCUT2D eigenvalue weighted by Crippen LogP contribution is 2.37. The molecule has 0 spiro atoms. The maximum absolute atomic E-state index is 12.9. The van der Waals surface area contributed by atoms with Crippen LogP contribution in [0.3, 0.4) is 0 Å². The van der Waals surface area contributed by atoms with Crippen LogP contribution in [0.1, 0.15) is 37.7 Å². The molecular formula is C19H23NO. The standard InChI is InChI=1S/C19H23NO/c20-14-19(11-4-1-5-12-19)18(21)13-16-9-6-8-15-7-2-3-10-17(15)16/h2-3,6-10H,1,4-5,11-14,20H2. The molecule has 1 aliphatic rings. The molecule has 0 unspecified atom stereocenters. The molecule has 0 bridgehead atoms. The number of carbonyl (C=O) groups excluding carboxylic acids is 1. The van der Waals surface area contributed by atoms with Gasteiger partial charge in [0.15, 0.2) is 0 Å². The molecule has 0 saturated heterocycles. The van der Waals surface area contributed by atoms with Crippen LogP contribution in [0.4, 0.5) is 0 Å². The summed E-state index contributed by atoms with van der Waals surface area (Å²) in [5.74, 6) is 0.334. The summed E-state index contributed by atoms with van der Waals surface area (Å²) in [5.41, 5.74) is 6.85. The predicted octanol–water partition coefficient (Wildman–Crippen LogP) is 3.86. The van der Waals surface area contributed by atoms with Crippen molar-refractivity contribution in [2.45, 2.75) is 38.5 Å². The smallest absolute Gasteiger partial charge is 0.144 e. The molecular weight excluding hydrogens is 258 g/mol. The van der Waals surface area contributed by atoms with E-state index in [1.54, 1.807) is 0 Å². The van der Waals surface area contributed by atoms with Gasteiger partial charge in [-0.05, 0) is 29.2 Å². The van der Waals surface area contributed by atoms with Crippen molar-refractivity contribution < 1.29 is 4.79 Å². The van der Waals surface area contributed by atoms with E-state index in [0.717, 1.165) is 31.2 Å². The third-order valence-corrected chi connectivity index (χ3v) is 5.02. The Hall–Kier alpha value is -1.67. The zero-order valence-corrected chi connectivity index (χ0v) is 12.5. The summed E-state index contributed by atoms with van der Waals surface area (Å²) in [7, 11) is 0. The minimum atomic E-state index is -0.269. The highest BCUT2D eigenvalue weighted by Gasteiger charge is 2.37. The van der Waals surface area contributed by atoms with E-state index < -0.39 is 0 Å². The number of hydrogen-bond donors (Lipinski definition) is 1. The fourth-order valence-electron chi connectivity index (χ4n) is 3.63. The molecule has 0 amide bonds. The Kier molecular flexibility index (Phi) is 4.07. The van der Waals surface area contributed by atoms with Gasteiger partial charge in [0.25, 0.3) is 0 Å². The normalized spacial score (nSPS) is 17.8. The van der Waals surface area contributed by atoms with E-state index in [-0.39, 0.29) is 5.41 Å². The Bertz CT molecular complexity index is 636. The van der Waals surface area contributed by atoms with E-state index in [1.807, 2.05) is 18.2 Å².